The number of hydrogen-bond acceptors (Lipinski definition) is 7. The maximum Gasteiger partial charge on any atom is 0.271 e. The number of benzene rings is 2. The van der Waals surface area contributed by atoms with Crippen molar-refractivity contribution in [1.29, 1.82) is 0 Å². The number of carbonyl (C=O) groups is 1. The van der Waals surface area contributed by atoms with E-state index in [-0.39, 0.29) is 28.4 Å². The number of carbonyl (C=O) groups excluding carboxylic acids is 1. The first-order valence-electron chi connectivity index (χ1n) is 9.04. The summed E-state index contributed by atoms with van der Waals surface area (Å²) >= 11 is 1.16. The minimum absolute atomic E-state index is 0.0777. The molecule has 1 heterocycles. The lowest BCUT2D eigenvalue weighted by Crippen LogP contribution is -2.20. The quantitative estimate of drug-likeness (QED) is 0.285. The molecule has 9 nitrogen and oxygen atoms in total. The molecule has 0 atom stereocenters. The molecular weight excluding hydrogens is 449 g/mol. The molecule has 0 spiro atoms. The van der Waals surface area contributed by atoms with Crippen molar-refractivity contribution in [2.75, 3.05) is 19.5 Å². The van der Waals surface area contributed by atoms with E-state index in [9.17, 15) is 27.7 Å². The number of methoxy groups -OCH3 is 1. The van der Waals surface area contributed by atoms with Gasteiger partial charge in [-0.15, -0.1) is 0 Å². The van der Waals surface area contributed by atoms with E-state index in [4.69, 9.17) is 4.74 Å². The van der Waals surface area contributed by atoms with Crippen LogP contribution in [0, 0.1) is 15.9 Å². The highest BCUT2D eigenvalue weighted by molar-refractivity contribution is 7.91. The van der Waals surface area contributed by atoms with Crippen molar-refractivity contribution in [2.24, 2.45) is 4.99 Å². The molecule has 0 aliphatic rings. The molecule has 1 aromatic heterocycles. The Morgan fingerprint density at radius 2 is 1.97 bits per heavy atom. The third kappa shape index (κ3) is 5.40. The van der Waals surface area contributed by atoms with Crippen LogP contribution in [0.5, 0.6) is 0 Å². The predicted octanol–water partition coefficient (Wildman–Crippen LogP) is 2.69. The highest BCUT2D eigenvalue weighted by atomic mass is 32.2. The van der Waals surface area contributed by atoms with Gasteiger partial charge in [0.2, 0.25) is 5.91 Å². The summed E-state index contributed by atoms with van der Waals surface area (Å²) in [6.45, 7) is 0.590. The van der Waals surface area contributed by atoms with Gasteiger partial charge in [-0.3, -0.25) is 14.9 Å². The van der Waals surface area contributed by atoms with Crippen LogP contribution in [-0.4, -0.2) is 43.3 Å². The number of amides is 1. The third-order valence-electron chi connectivity index (χ3n) is 4.37. The smallest absolute Gasteiger partial charge is 0.271 e. The second kappa shape index (κ2) is 9.45. The number of nitro groups is 1. The summed E-state index contributed by atoms with van der Waals surface area (Å²) < 4.78 is 45.1. The van der Waals surface area contributed by atoms with Gasteiger partial charge in [0.1, 0.15) is 5.82 Å². The molecular formula is C19H18FN3O6S2. The van der Waals surface area contributed by atoms with Gasteiger partial charge in [0, 0.05) is 32.2 Å². The van der Waals surface area contributed by atoms with Crippen molar-refractivity contribution in [2.45, 2.75) is 17.9 Å². The molecule has 12 heteroatoms. The Morgan fingerprint density at radius 3 is 2.61 bits per heavy atom. The van der Waals surface area contributed by atoms with E-state index in [0.29, 0.717) is 16.8 Å². The van der Waals surface area contributed by atoms with Crippen molar-refractivity contribution in [3.05, 3.63) is 63.2 Å². The van der Waals surface area contributed by atoms with Crippen molar-refractivity contribution in [3.8, 4) is 0 Å². The third-order valence-corrected chi connectivity index (χ3v) is 7.16. The molecule has 0 aliphatic heterocycles. The number of non-ortho nitro benzene ring substituents is 1. The fourth-order valence-corrected chi connectivity index (χ4v) is 5.08. The van der Waals surface area contributed by atoms with Gasteiger partial charge in [-0.2, -0.15) is 4.99 Å². The zero-order chi connectivity index (χ0) is 22.6. The molecule has 0 radical (unpaired) electrons. The molecule has 0 bridgehead atoms. The number of sulfone groups is 1. The number of halogens is 1. The maximum atomic E-state index is 13.0. The largest absolute Gasteiger partial charge is 0.383 e. The Labute approximate surface area is 180 Å². The molecule has 3 aromatic rings. The standard InChI is InChI=1S/C19H18FN3O6S2/c1-29-10-9-22-16-12-14(23(25)26)4-7-17(16)30-19(22)21-18(24)8-11-31(27,28)15-5-2-13(20)3-6-15/h2-7,12H,8-11H2,1H3. The normalized spacial score (nSPS) is 12.4. The van der Waals surface area contributed by atoms with Crippen LogP contribution in [-0.2, 0) is 25.9 Å². The fraction of sp³-hybridized carbons (Fsp3) is 0.263. The van der Waals surface area contributed by atoms with Crippen LogP contribution in [0.4, 0.5) is 10.1 Å². The first-order valence-corrected chi connectivity index (χ1v) is 11.5. The first-order chi connectivity index (χ1) is 14.7. The monoisotopic (exact) mass is 467 g/mol. The second-order valence-corrected chi connectivity index (χ2v) is 9.58. The van der Waals surface area contributed by atoms with Gasteiger partial charge in [-0.25, -0.2) is 12.8 Å². The minimum Gasteiger partial charge on any atom is -0.383 e. The average Bonchev–Trinajstić information content (AvgIpc) is 3.07. The molecule has 0 aliphatic carbocycles. The Kier molecular flexibility index (Phi) is 6.93. The van der Waals surface area contributed by atoms with E-state index < -0.39 is 32.2 Å². The second-order valence-electron chi connectivity index (χ2n) is 6.47. The van der Waals surface area contributed by atoms with Gasteiger partial charge in [-0.1, -0.05) is 11.3 Å². The van der Waals surface area contributed by atoms with Crippen LogP contribution in [0.15, 0.2) is 52.4 Å². The van der Waals surface area contributed by atoms with Crippen molar-refractivity contribution < 1.29 is 27.3 Å². The molecule has 0 unspecified atom stereocenters. The molecule has 3 rings (SSSR count). The van der Waals surface area contributed by atoms with E-state index in [1.807, 2.05) is 0 Å². The number of hydrogen-bond donors (Lipinski definition) is 0. The topological polar surface area (TPSA) is 121 Å². The highest BCUT2D eigenvalue weighted by Crippen LogP contribution is 2.23. The van der Waals surface area contributed by atoms with E-state index >= 15 is 0 Å². The zero-order valence-corrected chi connectivity index (χ0v) is 18.0. The van der Waals surface area contributed by atoms with Crippen molar-refractivity contribution in [1.82, 2.24) is 4.57 Å². The molecule has 0 saturated heterocycles. The van der Waals surface area contributed by atoms with Gasteiger partial charge in [0.15, 0.2) is 14.6 Å². The van der Waals surface area contributed by atoms with E-state index in [2.05, 4.69) is 4.99 Å². The van der Waals surface area contributed by atoms with Gasteiger partial charge < -0.3 is 9.30 Å². The van der Waals surface area contributed by atoms with Crippen molar-refractivity contribution in [3.63, 3.8) is 0 Å². The van der Waals surface area contributed by atoms with Gasteiger partial charge in [0.05, 0.1) is 32.4 Å². The van der Waals surface area contributed by atoms with Crippen LogP contribution >= 0.6 is 11.3 Å². The summed E-state index contributed by atoms with van der Waals surface area (Å²) in [7, 11) is -2.27. The molecule has 0 saturated carbocycles. The lowest BCUT2D eigenvalue weighted by atomic mass is 10.3. The average molecular weight is 468 g/mol. The van der Waals surface area contributed by atoms with Gasteiger partial charge in [0.25, 0.3) is 5.69 Å². The van der Waals surface area contributed by atoms with Crippen molar-refractivity contribution >= 4 is 43.0 Å². The number of thiazole rings is 1. The number of fused-ring (bicyclic) bond motifs is 1. The minimum atomic E-state index is -3.77. The first kappa shape index (κ1) is 22.7. The van der Waals surface area contributed by atoms with Crippen LogP contribution < -0.4 is 4.80 Å². The zero-order valence-electron chi connectivity index (χ0n) is 16.4. The number of nitro benzene ring substituents is 1. The molecule has 164 valence electrons. The van der Waals surface area contributed by atoms with Crippen LogP contribution in [0.3, 0.4) is 0 Å². The van der Waals surface area contributed by atoms with Crippen LogP contribution in [0.1, 0.15) is 6.42 Å². The Bertz CT molecular complexity index is 1300. The number of ether oxygens (including phenoxy) is 1. The van der Waals surface area contributed by atoms with E-state index in [1.165, 1.54) is 19.2 Å². The fourth-order valence-electron chi connectivity index (χ4n) is 2.80. The summed E-state index contributed by atoms with van der Waals surface area (Å²) in [5.74, 6) is -1.69. The molecule has 2 aromatic carbocycles. The number of aromatic nitrogens is 1. The van der Waals surface area contributed by atoms with Crippen LogP contribution in [0.25, 0.3) is 10.2 Å². The van der Waals surface area contributed by atoms with E-state index in [0.717, 1.165) is 35.6 Å². The SMILES string of the molecule is COCCn1c(=NC(=O)CCS(=O)(=O)c2ccc(F)cc2)sc2ccc([N+](=O)[O-])cc21. The lowest BCUT2D eigenvalue weighted by molar-refractivity contribution is -0.384. The summed E-state index contributed by atoms with van der Waals surface area (Å²) in [6.07, 6.45) is -0.363. The summed E-state index contributed by atoms with van der Waals surface area (Å²) in [4.78, 5) is 27.2. The Hall–Kier alpha value is -2.96. The number of rotatable bonds is 8. The van der Waals surface area contributed by atoms with E-state index in [1.54, 1.807) is 10.6 Å². The maximum absolute atomic E-state index is 13.0. The molecule has 0 N–H and O–H groups in total. The predicted molar refractivity (Wildman–Crippen MR) is 112 cm³/mol. The highest BCUT2D eigenvalue weighted by Gasteiger charge is 2.17. The summed E-state index contributed by atoms with van der Waals surface area (Å²) in [6, 6.07) is 8.68. The van der Waals surface area contributed by atoms with Gasteiger partial charge in [-0.05, 0) is 30.3 Å². The summed E-state index contributed by atoms with van der Waals surface area (Å²) in [5, 5.41) is 11.1. The van der Waals surface area contributed by atoms with Gasteiger partial charge >= 0.3 is 0 Å². The Balaban J connectivity index is 1.88. The molecule has 0 fully saturated rings. The number of nitrogens with zero attached hydrogens (tertiary/aromatic N) is 3. The lowest BCUT2D eigenvalue weighted by Gasteiger charge is -2.04. The summed E-state index contributed by atoms with van der Waals surface area (Å²) in [5.41, 5.74) is 0.432. The molecule has 1 amide bonds. The Morgan fingerprint density at radius 1 is 1.26 bits per heavy atom. The van der Waals surface area contributed by atoms with Crippen LogP contribution in [0.2, 0.25) is 0 Å². The molecule has 31 heavy (non-hydrogen) atoms.